The van der Waals surface area contributed by atoms with Gasteiger partial charge in [0.05, 0.1) is 24.2 Å². The number of hydrogen-bond donors (Lipinski definition) is 3. The highest BCUT2D eigenvalue weighted by Gasteiger charge is 2.24. The average Bonchev–Trinajstić information content (AvgIpc) is 3.07. The van der Waals surface area contributed by atoms with Crippen molar-refractivity contribution in [3.8, 4) is 0 Å². The van der Waals surface area contributed by atoms with Gasteiger partial charge in [-0.2, -0.15) is 0 Å². The van der Waals surface area contributed by atoms with Crippen LogP contribution in [0, 0.1) is 0 Å². The first-order chi connectivity index (χ1) is 14.2. The number of halogens is 1. The lowest BCUT2D eigenvalue weighted by Crippen LogP contribution is -3.27. The summed E-state index contributed by atoms with van der Waals surface area (Å²) in [5.74, 6) is 1.04. The van der Waals surface area contributed by atoms with Crippen molar-refractivity contribution in [2.45, 2.75) is 13.1 Å². The van der Waals surface area contributed by atoms with E-state index >= 15 is 0 Å². The van der Waals surface area contributed by atoms with Crippen LogP contribution >= 0.6 is 11.6 Å². The van der Waals surface area contributed by atoms with Crippen LogP contribution in [0.5, 0.6) is 0 Å². The van der Waals surface area contributed by atoms with Crippen LogP contribution < -0.4 is 9.80 Å². The van der Waals surface area contributed by atoms with Crippen LogP contribution in [-0.2, 0) is 13.1 Å². The van der Waals surface area contributed by atoms with Gasteiger partial charge < -0.3 is 19.5 Å². The summed E-state index contributed by atoms with van der Waals surface area (Å²) in [6.45, 7) is 7.23. The van der Waals surface area contributed by atoms with E-state index in [0.29, 0.717) is 11.6 Å². The maximum absolute atomic E-state index is 9.50. The molecule has 0 unspecified atom stereocenters. The van der Waals surface area contributed by atoms with E-state index in [4.69, 9.17) is 16.6 Å². The number of nitrogens with zero attached hydrogens (tertiary/aromatic N) is 2. The van der Waals surface area contributed by atoms with Crippen molar-refractivity contribution in [3.63, 3.8) is 0 Å². The topological polar surface area (TPSA) is 46.9 Å². The second kappa shape index (κ2) is 9.55. The Balaban J connectivity index is 1.35. The largest absolute Gasteiger partial charge is 0.395 e. The van der Waals surface area contributed by atoms with E-state index in [1.54, 1.807) is 9.80 Å². The fraction of sp³-hybridized carbons (Fsp3) is 0.348. The number of benzene rings is 2. The van der Waals surface area contributed by atoms with Crippen molar-refractivity contribution < 1.29 is 14.9 Å². The summed E-state index contributed by atoms with van der Waals surface area (Å²) in [6, 6.07) is 16.3. The SMILES string of the molecule is OCCn1c(C[NH+]2CC[NH+](C/C=C/c3ccccc3)CC2)nc2ccc(Cl)cc21. The van der Waals surface area contributed by atoms with Gasteiger partial charge in [-0.25, -0.2) is 4.98 Å². The lowest BCUT2D eigenvalue weighted by atomic mass is 10.2. The normalized spacial score (nSPS) is 19.9. The Bertz CT molecular complexity index is 962. The van der Waals surface area contributed by atoms with Gasteiger partial charge in [0.25, 0.3) is 0 Å². The third kappa shape index (κ3) is 5.06. The first-order valence-electron chi connectivity index (χ1n) is 10.4. The van der Waals surface area contributed by atoms with Crippen LogP contribution in [0.25, 0.3) is 17.1 Å². The summed E-state index contributed by atoms with van der Waals surface area (Å²) in [7, 11) is 0. The molecule has 6 heteroatoms. The van der Waals surface area contributed by atoms with Crippen LogP contribution in [0.1, 0.15) is 11.4 Å². The Morgan fingerprint density at radius 1 is 1.03 bits per heavy atom. The quantitative estimate of drug-likeness (QED) is 0.534. The van der Waals surface area contributed by atoms with Crippen molar-refractivity contribution in [2.75, 3.05) is 39.3 Å². The minimum Gasteiger partial charge on any atom is -0.395 e. The van der Waals surface area contributed by atoms with Crippen LogP contribution in [0.3, 0.4) is 0 Å². The molecule has 5 nitrogen and oxygen atoms in total. The number of aliphatic hydroxyl groups is 1. The standard InChI is InChI=1S/C23H27ClN4O/c24-20-8-9-21-22(17-20)28(15-16-29)23(25-21)18-27-13-11-26(12-14-27)10-4-7-19-5-2-1-3-6-19/h1-9,17,29H,10-16,18H2/p+2/b7-4+. The van der Waals surface area contributed by atoms with E-state index in [1.807, 2.05) is 24.3 Å². The molecule has 1 aromatic heterocycles. The molecule has 4 rings (SSSR count). The van der Waals surface area contributed by atoms with E-state index in [2.05, 4.69) is 41.0 Å². The van der Waals surface area contributed by atoms with Gasteiger partial charge in [-0.15, -0.1) is 0 Å². The molecule has 3 N–H and O–H groups in total. The Hall–Kier alpha value is -2.18. The van der Waals surface area contributed by atoms with E-state index in [-0.39, 0.29) is 6.61 Å². The summed E-state index contributed by atoms with van der Waals surface area (Å²) in [5.41, 5.74) is 3.22. The predicted octanol–water partition coefficient (Wildman–Crippen LogP) is 0.679. The number of quaternary nitrogens is 2. The van der Waals surface area contributed by atoms with E-state index < -0.39 is 0 Å². The van der Waals surface area contributed by atoms with Crippen molar-refractivity contribution >= 4 is 28.7 Å². The average molecular weight is 413 g/mol. The summed E-state index contributed by atoms with van der Waals surface area (Å²) in [6.07, 6.45) is 4.51. The number of imidazole rings is 1. The molecule has 0 amide bonds. The monoisotopic (exact) mass is 412 g/mol. The second-order valence-corrected chi connectivity index (χ2v) is 8.17. The number of aliphatic hydroxyl groups excluding tert-OH is 1. The molecule has 2 heterocycles. The van der Waals surface area contributed by atoms with E-state index in [9.17, 15) is 5.11 Å². The van der Waals surface area contributed by atoms with Gasteiger partial charge in [0, 0.05) is 11.6 Å². The minimum absolute atomic E-state index is 0.103. The number of rotatable bonds is 7. The molecule has 1 aliphatic rings. The van der Waals surface area contributed by atoms with Gasteiger partial charge in [0.2, 0.25) is 0 Å². The Morgan fingerprint density at radius 2 is 1.79 bits per heavy atom. The number of nitrogens with one attached hydrogen (secondary N) is 2. The summed E-state index contributed by atoms with van der Waals surface area (Å²) >= 11 is 6.17. The lowest BCUT2D eigenvalue weighted by Gasteiger charge is -2.29. The summed E-state index contributed by atoms with van der Waals surface area (Å²) in [5, 5.41) is 10.2. The van der Waals surface area contributed by atoms with Crippen LogP contribution in [0.4, 0.5) is 0 Å². The fourth-order valence-electron chi connectivity index (χ4n) is 4.12. The molecule has 152 valence electrons. The highest BCUT2D eigenvalue weighted by Crippen LogP contribution is 2.20. The molecular formula is C23H29ClN4O+2. The molecule has 0 aliphatic carbocycles. The molecule has 2 aromatic carbocycles. The molecule has 0 spiro atoms. The third-order valence-corrected chi connectivity index (χ3v) is 5.94. The number of fused-ring (bicyclic) bond motifs is 1. The maximum atomic E-state index is 9.50. The number of aromatic nitrogens is 2. The van der Waals surface area contributed by atoms with Crippen molar-refractivity contribution in [3.05, 3.63) is 71.0 Å². The smallest absolute Gasteiger partial charge is 0.165 e. The summed E-state index contributed by atoms with van der Waals surface area (Å²) < 4.78 is 2.12. The molecule has 0 bridgehead atoms. The second-order valence-electron chi connectivity index (χ2n) is 7.73. The van der Waals surface area contributed by atoms with E-state index in [1.165, 1.54) is 18.7 Å². The first kappa shape index (κ1) is 20.1. The zero-order valence-corrected chi connectivity index (χ0v) is 17.4. The first-order valence-corrected chi connectivity index (χ1v) is 10.7. The van der Waals surface area contributed by atoms with Gasteiger partial charge >= 0.3 is 0 Å². The van der Waals surface area contributed by atoms with E-state index in [0.717, 1.165) is 43.0 Å². The van der Waals surface area contributed by atoms with Gasteiger partial charge in [-0.3, -0.25) is 0 Å². The Labute approximate surface area is 176 Å². The highest BCUT2D eigenvalue weighted by molar-refractivity contribution is 6.31. The summed E-state index contributed by atoms with van der Waals surface area (Å²) in [4.78, 5) is 8.02. The Morgan fingerprint density at radius 3 is 2.55 bits per heavy atom. The van der Waals surface area contributed by atoms with Gasteiger partial charge in [-0.05, 0) is 29.8 Å². The molecule has 0 radical (unpaired) electrons. The maximum Gasteiger partial charge on any atom is 0.165 e. The Kier molecular flexibility index (Phi) is 6.62. The zero-order chi connectivity index (χ0) is 20.1. The molecule has 29 heavy (non-hydrogen) atoms. The molecule has 1 aliphatic heterocycles. The number of hydrogen-bond acceptors (Lipinski definition) is 2. The van der Waals surface area contributed by atoms with Crippen molar-refractivity contribution in [2.24, 2.45) is 0 Å². The number of piperazine rings is 1. The molecule has 0 atom stereocenters. The van der Waals surface area contributed by atoms with Crippen molar-refractivity contribution in [1.29, 1.82) is 0 Å². The molecule has 1 fully saturated rings. The lowest BCUT2D eigenvalue weighted by molar-refractivity contribution is -1.02. The minimum atomic E-state index is 0.103. The van der Waals surface area contributed by atoms with Gasteiger partial charge in [0.15, 0.2) is 5.82 Å². The molecule has 3 aromatic rings. The predicted molar refractivity (Wildman–Crippen MR) is 117 cm³/mol. The third-order valence-electron chi connectivity index (χ3n) is 5.70. The molecule has 0 saturated carbocycles. The van der Waals surface area contributed by atoms with Crippen LogP contribution in [0.15, 0.2) is 54.6 Å². The fourth-order valence-corrected chi connectivity index (χ4v) is 4.28. The van der Waals surface area contributed by atoms with Crippen molar-refractivity contribution in [1.82, 2.24) is 9.55 Å². The molecule has 1 saturated heterocycles. The van der Waals surface area contributed by atoms with Gasteiger partial charge in [-0.1, -0.05) is 48.0 Å². The van der Waals surface area contributed by atoms with Crippen LogP contribution in [-0.4, -0.2) is 54.0 Å². The molecular weight excluding hydrogens is 384 g/mol. The van der Waals surface area contributed by atoms with Gasteiger partial charge in [0.1, 0.15) is 32.7 Å². The highest BCUT2D eigenvalue weighted by atomic mass is 35.5. The zero-order valence-electron chi connectivity index (χ0n) is 16.6. The van der Waals surface area contributed by atoms with Crippen LogP contribution in [0.2, 0.25) is 5.02 Å².